The fourth-order valence-electron chi connectivity index (χ4n) is 6.32. The van der Waals surface area contributed by atoms with Gasteiger partial charge >= 0.3 is 12.2 Å². The summed E-state index contributed by atoms with van der Waals surface area (Å²) in [5.74, 6) is -0.477. The smallest absolute Gasteiger partial charge is 0.417 e. The minimum Gasteiger partial charge on any atom is -0.467 e. The van der Waals surface area contributed by atoms with Crippen LogP contribution in [0.25, 0.3) is 32.1 Å². The minimum atomic E-state index is -4.99. The minimum absolute atomic E-state index is 0.0807. The van der Waals surface area contributed by atoms with Gasteiger partial charge in [-0.15, -0.1) is 11.3 Å². The van der Waals surface area contributed by atoms with Crippen LogP contribution in [-0.2, 0) is 6.18 Å². The zero-order chi connectivity index (χ0) is 32.0. The number of aromatic nitrogens is 2. The van der Waals surface area contributed by atoms with Crippen LogP contribution in [0.5, 0.6) is 6.01 Å². The normalized spacial score (nSPS) is 20.3. The Hall–Kier alpha value is -3.48. The first kappa shape index (κ1) is 31.5. The van der Waals surface area contributed by atoms with Gasteiger partial charge in [0.25, 0.3) is 0 Å². The van der Waals surface area contributed by atoms with Crippen LogP contribution >= 0.6 is 23.1 Å². The van der Waals surface area contributed by atoms with Gasteiger partial charge in [-0.25, -0.2) is 13.2 Å². The summed E-state index contributed by atoms with van der Waals surface area (Å²) in [4.78, 5) is 12.3. The molecule has 0 saturated carbocycles. The van der Waals surface area contributed by atoms with E-state index in [-0.39, 0.29) is 48.9 Å². The van der Waals surface area contributed by atoms with Crippen molar-refractivity contribution in [3.8, 4) is 23.2 Å². The highest BCUT2D eigenvalue weighted by Gasteiger charge is 2.39. The zero-order valence-electron chi connectivity index (χ0n) is 24.1. The number of rotatable bonds is 3. The summed E-state index contributed by atoms with van der Waals surface area (Å²) in [5.41, 5.74) is 2.79. The monoisotopic (exact) mass is 666 g/mol. The van der Waals surface area contributed by atoms with Gasteiger partial charge in [0.15, 0.2) is 5.82 Å². The maximum absolute atomic E-state index is 16.2. The first-order valence-corrected chi connectivity index (χ1v) is 16.3. The number of methoxy groups -OCH3 is 1. The fourth-order valence-corrected chi connectivity index (χ4v) is 8.17. The van der Waals surface area contributed by atoms with Gasteiger partial charge in [0.1, 0.15) is 34.4 Å². The van der Waals surface area contributed by atoms with Gasteiger partial charge in [0.2, 0.25) is 0 Å². The lowest BCUT2D eigenvalue weighted by molar-refractivity contribution is -0.137. The predicted molar refractivity (Wildman–Crippen MR) is 165 cm³/mol. The number of anilines is 2. The van der Waals surface area contributed by atoms with Crippen LogP contribution < -0.4 is 15.4 Å². The lowest BCUT2D eigenvalue weighted by Crippen LogP contribution is -2.33. The quantitative estimate of drug-likeness (QED) is 0.234. The van der Waals surface area contributed by atoms with E-state index in [0.29, 0.717) is 37.0 Å². The maximum atomic E-state index is 16.2. The van der Waals surface area contributed by atoms with Crippen molar-refractivity contribution in [2.24, 2.45) is 0 Å². The second kappa shape index (κ2) is 12.4. The topological polar surface area (TPSA) is 91.3 Å². The molecule has 0 radical (unpaired) electrons. The van der Waals surface area contributed by atoms with Crippen LogP contribution in [0.4, 0.5) is 37.2 Å². The molecular formula is C30H28F6N6OS2. The van der Waals surface area contributed by atoms with Crippen molar-refractivity contribution in [2.45, 2.75) is 37.7 Å². The summed E-state index contributed by atoms with van der Waals surface area (Å²) in [6.07, 6.45) is -2.18. The SMILES string of the molecule is COc1nc(N2CCSCC2)c2cc(C(F)(F)F)c(-c3ccc(F)c4sc(N)c(C#N)c34)c(F)c2n1.FC1CC2CCCN2C1. The highest BCUT2D eigenvalue weighted by Crippen LogP contribution is 2.48. The molecule has 7 rings (SSSR count). The van der Waals surface area contributed by atoms with E-state index in [1.54, 1.807) is 22.7 Å². The molecule has 3 fully saturated rings. The van der Waals surface area contributed by atoms with Crippen LogP contribution in [0.2, 0.25) is 0 Å². The zero-order valence-corrected chi connectivity index (χ0v) is 25.7. The maximum Gasteiger partial charge on any atom is 0.417 e. The summed E-state index contributed by atoms with van der Waals surface area (Å²) in [7, 11) is 1.27. The molecule has 5 heterocycles. The molecule has 45 heavy (non-hydrogen) atoms. The molecule has 4 aromatic rings. The number of halogens is 6. The van der Waals surface area contributed by atoms with E-state index in [0.717, 1.165) is 42.7 Å². The lowest BCUT2D eigenvalue weighted by atomic mass is 9.92. The van der Waals surface area contributed by atoms with Crippen molar-refractivity contribution >= 4 is 54.9 Å². The van der Waals surface area contributed by atoms with Gasteiger partial charge in [0.05, 0.1) is 22.9 Å². The van der Waals surface area contributed by atoms with Crippen molar-refractivity contribution in [3.63, 3.8) is 0 Å². The predicted octanol–water partition coefficient (Wildman–Crippen LogP) is 7.02. The van der Waals surface area contributed by atoms with E-state index in [9.17, 15) is 27.2 Å². The fraction of sp³-hybridized carbons (Fsp3) is 0.433. The van der Waals surface area contributed by atoms with Gasteiger partial charge in [-0.3, -0.25) is 4.90 Å². The molecule has 15 heteroatoms. The molecule has 2 N–H and O–H groups in total. The summed E-state index contributed by atoms with van der Waals surface area (Å²) in [6, 6.07) is 4.96. The van der Waals surface area contributed by atoms with Gasteiger partial charge < -0.3 is 15.4 Å². The van der Waals surface area contributed by atoms with E-state index in [1.807, 2.05) is 0 Å². The Bertz CT molecular complexity index is 1790. The van der Waals surface area contributed by atoms with Crippen molar-refractivity contribution in [1.29, 1.82) is 5.26 Å². The molecule has 2 aromatic heterocycles. The third kappa shape index (κ3) is 5.83. The number of fused-ring (bicyclic) bond motifs is 3. The largest absolute Gasteiger partial charge is 0.467 e. The van der Waals surface area contributed by atoms with Crippen molar-refractivity contribution in [1.82, 2.24) is 14.9 Å². The molecule has 2 aromatic carbocycles. The molecule has 238 valence electrons. The standard InChI is InChI=1S/C23H16F5N5OS2.C7H12FN/c1-34-22-31-18-11(21(32-22)33-4-6-35-7-5-33)8-13(23(26,27)28)16(17(18)25)10-2-3-14(24)19-15(10)12(9-29)20(30)36-19;8-6-4-7-2-1-3-9(7)5-6/h2-3,8H,4-7,30H2,1H3;6-7H,1-5H2. The third-order valence-electron chi connectivity index (χ3n) is 8.35. The molecule has 2 atom stereocenters. The molecule has 2 unspecified atom stereocenters. The van der Waals surface area contributed by atoms with Crippen LogP contribution in [0, 0.1) is 23.0 Å². The molecular weight excluding hydrogens is 638 g/mol. The second-order valence-corrected chi connectivity index (χ2v) is 13.3. The van der Waals surface area contributed by atoms with Crippen LogP contribution in [0.15, 0.2) is 18.2 Å². The molecule has 3 saturated heterocycles. The number of nitrogens with two attached hydrogens (primary N) is 1. The Balaban J connectivity index is 0.000000337. The molecule has 0 spiro atoms. The Morgan fingerprint density at radius 1 is 1.13 bits per heavy atom. The Morgan fingerprint density at radius 2 is 1.89 bits per heavy atom. The number of nitrogen functional groups attached to an aromatic ring is 1. The van der Waals surface area contributed by atoms with E-state index in [1.165, 1.54) is 20.0 Å². The third-order valence-corrected chi connectivity index (χ3v) is 10.3. The van der Waals surface area contributed by atoms with E-state index in [4.69, 9.17) is 10.5 Å². The Kier molecular flexibility index (Phi) is 8.66. The van der Waals surface area contributed by atoms with Gasteiger partial charge in [-0.2, -0.15) is 40.2 Å². The molecule has 3 aliphatic heterocycles. The van der Waals surface area contributed by atoms with E-state index in [2.05, 4.69) is 14.9 Å². The lowest BCUT2D eigenvalue weighted by Gasteiger charge is -2.29. The number of thiophene rings is 1. The summed E-state index contributed by atoms with van der Waals surface area (Å²) in [5, 5.41) is 9.19. The number of hydrogen-bond acceptors (Lipinski definition) is 9. The van der Waals surface area contributed by atoms with Gasteiger partial charge in [-0.1, -0.05) is 6.07 Å². The molecule has 0 bridgehead atoms. The number of benzene rings is 2. The summed E-state index contributed by atoms with van der Waals surface area (Å²) >= 11 is 2.40. The first-order valence-electron chi connectivity index (χ1n) is 14.3. The number of alkyl halides is 4. The Labute approximate surface area is 263 Å². The summed E-state index contributed by atoms with van der Waals surface area (Å²) in [6.45, 7) is 2.86. The van der Waals surface area contributed by atoms with Gasteiger partial charge in [-0.05, 0) is 43.5 Å². The molecule has 7 nitrogen and oxygen atoms in total. The highest BCUT2D eigenvalue weighted by molar-refractivity contribution is 7.99. The summed E-state index contributed by atoms with van der Waals surface area (Å²) < 4.78 is 91.6. The number of nitrogens with zero attached hydrogens (tertiary/aromatic N) is 5. The van der Waals surface area contributed by atoms with Crippen molar-refractivity contribution in [2.75, 3.05) is 55.4 Å². The molecule has 3 aliphatic rings. The van der Waals surface area contributed by atoms with E-state index < -0.39 is 35.1 Å². The average Bonchev–Trinajstić information content (AvgIpc) is 3.70. The molecule has 0 amide bonds. The van der Waals surface area contributed by atoms with Gasteiger partial charge in [0, 0.05) is 53.5 Å². The van der Waals surface area contributed by atoms with Crippen molar-refractivity contribution in [3.05, 3.63) is 41.0 Å². The Morgan fingerprint density at radius 3 is 2.56 bits per heavy atom. The first-order chi connectivity index (χ1) is 21.5. The van der Waals surface area contributed by atoms with E-state index >= 15 is 4.39 Å². The second-order valence-electron chi connectivity index (χ2n) is 11.0. The average molecular weight is 667 g/mol. The number of hydrogen-bond donors (Lipinski definition) is 1. The van der Waals surface area contributed by atoms with Crippen LogP contribution in [0.1, 0.15) is 30.4 Å². The van der Waals surface area contributed by atoms with Crippen molar-refractivity contribution < 1.29 is 31.1 Å². The molecule has 0 aliphatic carbocycles. The van der Waals surface area contributed by atoms with Crippen LogP contribution in [-0.4, -0.2) is 71.9 Å². The number of ether oxygens (including phenoxy) is 1. The van der Waals surface area contributed by atoms with Crippen LogP contribution in [0.3, 0.4) is 0 Å². The number of nitriles is 1. The highest BCUT2D eigenvalue weighted by atomic mass is 32.2. The number of thioether (sulfide) groups is 1.